The highest BCUT2D eigenvalue weighted by Crippen LogP contribution is 2.30. The lowest BCUT2D eigenvalue weighted by molar-refractivity contribution is 0.392. The molecule has 2 unspecified atom stereocenters. The Morgan fingerprint density at radius 3 is 2.92 bits per heavy atom. The number of nitriles is 1. The van der Waals surface area contributed by atoms with E-state index in [1.54, 1.807) is 0 Å². The third kappa shape index (κ3) is 3.78. The van der Waals surface area contributed by atoms with Crippen LogP contribution in [0.4, 0.5) is 0 Å². The molecule has 1 aliphatic carbocycles. The molecule has 1 saturated carbocycles. The van der Waals surface area contributed by atoms with Crippen LogP contribution < -0.4 is 5.32 Å². The summed E-state index contributed by atoms with van der Waals surface area (Å²) in [5.41, 5.74) is 0. The molecule has 1 aliphatic rings. The lowest BCUT2D eigenvalue weighted by atomic mass is 9.98. The summed E-state index contributed by atoms with van der Waals surface area (Å²) in [5, 5.41) is 11.8. The highest BCUT2D eigenvalue weighted by atomic mass is 14.9. The maximum absolute atomic E-state index is 8.34. The topological polar surface area (TPSA) is 35.8 Å². The van der Waals surface area contributed by atoms with E-state index in [2.05, 4.69) is 18.3 Å². The summed E-state index contributed by atoms with van der Waals surface area (Å²) < 4.78 is 0. The van der Waals surface area contributed by atoms with Crippen molar-refractivity contribution in [2.24, 2.45) is 11.8 Å². The molecule has 1 rings (SSSR count). The van der Waals surface area contributed by atoms with E-state index in [0.717, 1.165) is 31.3 Å². The summed E-state index contributed by atoms with van der Waals surface area (Å²) in [7, 11) is 0. The average Bonchev–Trinajstić information content (AvgIpc) is 2.52. The molecular formula is C11H20N2. The Bertz CT molecular complexity index is 171. The zero-order valence-corrected chi connectivity index (χ0v) is 8.55. The molecule has 0 aliphatic heterocycles. The van der Waals surface area contributed by atoms with Gasteiger partial charge in [-0.2, -0.15) is 5.26 Å². The van der Waals surface area contributed by atoms with Gasteiger partial charge in [0.2, 0.25) is 0 Å². The predicted octanol–water partition coefficient (Wildman–Crippen LogP) is 2.32. The average molecular weight is 180 g/mol. The van der Waals surface area contributed by atoms with Crippen LogP contribution in [0.25, 0.3) is 0 Å². The van der Waals surface area contributed by atoms with Crippen molar-refractivity contribution in [3.8, 4) is 6.07 Å². The van der Waals surface area contributed by atoms with Crippen LogP contribution in [0.2, 0.25) is 0 Å². The Balaban J connectivity index is 1.96. The predicted molar refractivity (Wildman–Crippen MR) is 54.2 cm³/mol. The molecule has 0 aromatic carbocycles. The van der Waals surface area contributed by atoms with Gasteiger partial charge < -0.3 is 5.32 Å². The van der Waals surface area contributed by atoms with Crippen LogP contribution in [0.15, 0.2) is 0 Å². The molecule has 2 heteroatoms. The van der Waals surface area contributed by atoms with Crippen LogP contribution in [0.3, 0.4) is 0 Å². The van der Waals surface area contributed by atoms with Crippen molar-refractivity contribution in [2.75, 3.05) is 13.1 Å². The zero-order chi connectivity index (χ0) is 9.52. The van der Waals surface area contributed by atoms with Gasteiger partial charge >= 0.3 is 0 Å². The van der Waals surface area contributed by atoms with Gasteiger partial charge in [0.25, 0.3) is 0 Å². The molecule has 1 N–H and O–H groups in total. The summed E-state index contributed by atoms with van der Waals surface area (Å²) >= 11 is 0. The zero-order valence-electron chi connectivity index (χ0n) is 8.55. The summed E-state index contributed by atoms with van der Waals surface area (Å²) in [6.45, 7) is 4.53. The van der Waals surface area contributed by atoms with Gasteiger partial charge in [-0.25, -0.2) is 0 Å². The Kier molecular flexibility index (Phi) is 4.85. The van der Waals surface area contributed by atoms with Gasteiger partial charge in [-0.05, 0) is 37.8 Å². The normalized spacial score (nSPS) is 27.4. The second kappa shape index (κ2) is 5.99. The smallest absolute Gasteiger partial charge is 0.0622 e. The molecule has 0 amide bonds. The first-order valence-corrected chi connectivity index (χ1v) is 5.42. The van der Waals surface area contributed by atoms with E-state index < -0.39 is 0 Å². The van der Waals surface area contributed by atoms with Gasteiger partial charge in [0.05, 0.1) is 6.07 Å². The lowest BCUT2D eigenvalue weighted by Gasteiger charge is -2.15. The molecule has 0 bridgehead atoms. The number of rotatable bonds is 5. The molecule has 0 spiro atoms. The third-order valence-corrected chi connectivity index (χ3v) is 3.09. The molecule has 2 nitrogen and oxygen atoms in total. The van der Waals surface area contributed by atoms with Crippen LogP contribution in [-0.2, 0) is 0 Å². The van der Waals surface area contributed by atoms with Gasteiger partial charge in [-0.1, -0.05) is 19.8 Å². The van der Waals surface area contributed by atoms with E-state index in [0.29, 0.717) is 6.42 Å². The molecule has 0 radical (unpaired) electrons. The van der Waals surface area contributed by atoms with Crippen molar-refractivity contribution in [3.05, 3.63) is 0 Å². The molecule has 0 aromatic rings. The lowest BCUT2D eigenvalue weighted by Crippen LogP contribution is -2.25. The number of nitrogens with one attached hydrogen (secondary N) is 1. The summed E-state index contributed by atoms with van der Waals surface area (Å²) in [4.78, 5) is 0. The Morgan fingerprint density at radius 2 is 2.31 bits per heavy atom. The monoisotopic (exact) mass is 180 g/mol. The maximum Gasteiger partial charge on any atom is 0.0622 e. The molecule has 0 saturated heterocycles. The minimum Gasteiger partial charge on any atom is -0.316 e. The summed E-state index contributed by atoms with van der Waals surface area (Å²) in [5.74, 6) is 1.80. The van der Waals surface area contributed by atoms with Crippen LogP contribution in [0.5, 0.6) is 0 Å². The fraction of sp³-hybridized carbons (Fsp3) is 0.909. The van der Waals surface area contributed by atoms with Crippen LogP contribution >= 0.6 is 0 Å². The second-order valence-corrected chi connectivity index (χ2v) is 4.13. The first-order valence-electron chi connectivity index (χ1n) is 5.42. The van der Waals surface area contributed by atoms with E-state index in [1.165, 1.54) is 19.3 Å². The van der Waals surface area contributed by atoms with Gasteiger partial charge in [-0.3, -0.25) is 0 Å². The van der Waals surface area contributed by atoms with Crippen molar-refractivity contribution in [2.45, 2.75) is 39.0 Å². The first kappa shape index (κ1) is 10.5. The Labute approximate surface area is 81.3 Å². The van der Waals surface area contributed by atoms with Crippen LogP contribution in [0, 0.1) is 23.2 Å². The largest absolute Gasteiger partial charge is 0.316 e. The molecule has 1 fully saturated rings. The summed E-state index contributed by atoms with van der Waals surface area (Å²) in [6.07, 6.45) is 5.90. The van der Waals surface area contributed by atoms with Crippen LogP contribution in [0.1, 0.15) is 39.0 Å². The van der Waals surface area contributed by atoms with Gasteiger partial charge in [-0.15, -0.1) is 0 Å². The van der Waals surface area contributed by atoms with E-state index >= 15 is 0 Å². The SMILES string of the molecule is CC1CCCC1CNCCCC#N. The minimum absolute atomic E-state index is 0.688. The van der Waals surface area contributed by atoms with Crippen molar-refractivity contribution in [3.63, 3.8) is 0 Å². The number of hydrogen-bond acceptors (Lipinski definition) is 2. The second-order valence-electron chi connectivity index (χ2n) is 4.13. The minimum atomic E-state index is 0.688. The van der Waals surface area contributed by atoms with Gasteiger partial charge in [0.1, 0.15) is 0 Å². The highest BCUT2D eigenvalue weighted by Gasteiger charge is 2.22. The van der Waals surface area contributed by atoms with E-state index in [9.17, 15) is 0 Å². The third-order valence-electron chi connectivity index (χ3n) is 3.09. The van der Waals surface area contributed by atoms with E-state index in [1.807, 2.05) is 0 Å². The number of nitrogens with zero attached hydrogens (tertiary/aromatic N) is 1. The van der Waals surface area contributed by atoms with Crippen LogP contribution in [-0.4, -0.2) is 13.1 Å². The Morgan fingerprint density at radius 1 is 1.46 bits per heavy atom. The van der Waals surface area contributed by atoms with E-state index in [4.69, 9.17) is 5.26 Å². The van der Waals surface area contributed by atoms with E-state index in [-0.39, 0.29) is 0 Å². The van der Waals surface area contributed by atoms with Gasteiger partial charge in [0, 0.05) is 6.42 Å². The molecular weight excluding hydrogens is 160 g/mol. The fourth-order valence-corrected chi connectivity index (χ4v) is 2.11. The molecule has 13 heavy (non-hydrogen) atoms. The molecule has 2 atom stereocenters. The van der Waals surface area contributed by atoms with Crippen molar-refractivity contribution >= 4 is 0 Å². The van der Waals surface area contributed by atoms with Crippen molar-refractivity contribution in [1.29, 1.82) is 5.26 Å². The first-order chi connectivity index (χ1) is 6.34. The molecule has 0 aromatic heterocycles. The highest BCUT2D eigenvalue weighted by molar-refractivity contribution is 4.76. The van der Waals surface area contributed by atoms with Gasteiger partial charge in [0.15, 0.2) is 0 Å². The quantitative estimate of drug-likeness (QED) is 0.659. The Hall–Kier alpha value is -0.550. The fourth-order valence-electron chi connectivity index (χ4n) is 2.11. The van der Waals surface area contributed by atoms with Crippen molar-refractivity contribution < 1.29 is 0 Å². The molecule has 0 heterocycles. The number of unbranched alkanes of at least 4 members (excludes halogenated alkanes) is 1. The van der Waals surface area contributed by atoms with Crippen molar-refractivity contribution in [1.82, 2.24) is 5.32 Å². The standard InChI is InChI=1S/C11H20N2/c1-10-5-4-6-11(10)9-13-8-3-2-7-12/h10-11,13H,2-6,8-9H2,1H3. The number of hydrogen-bond donors (Lipinski definition) is 1. The summed E-state index contributed by atoms with van der Waals surface area (Å²) in [6, 6.07) is 2.16. The maximum atomic E-state index is 8.34. The molecule has 74 valence electrons.